The van der Waals surface area contributed by atoms with E-state index < -0.39 is 0 Å². The number of halogens is 1. The molecule has 8 heteroatoms. The van der Waals surface area contributed by atoms with Gasteiger partial charge in [0.05, 0.1) is 18.7 Å². The van der Waals surface area contributed by atoms with Crippen LogP contribution >= 0.6 is 15.9 Å². The molecule has 0 aliphatic carbocycles. The van der Waals surface area contributed by atoms with Crippen molar-refractivity contribution in [2.45, 2.75) is 13.5 Å². The van der Waals surface area contributed by atoms with Gasteiger partial charge < -0.3 is 15.0 Å². The van der Waals surface area contributed by atoms with Crippen LogP contribution in [0.1, 0.15) is 16.1 Å². The van der Waals surface area contributed by atoms with E-state index in [1.165, 1.54) is 0 Å². The van der Waals surface area contributed by atoms with Gasteiger partial charge in [0.2, 0.25) is 5.91 Å². The summed E-state index contributed by atoms with van der Waals surface area (Å²) >= 11 is 3.45. The highest BCUT2D eigenvalue weighted by Crippen LogP contribution is 2.22. The molecule has 0 saturated carbocycles. The maximum atomic E-state index is 13.0. The van der Waals surface area contributed by atoms with Crippen LogP contribution in [0.3, 0.4) is 0 Å². The second-order valence-corrected chi connectivity index (χ2v) is 7.79. The summed E-state index contributed by atoms with van der Waals surface area (Å²) in [6, 6.07) is 13.1. The summed E-state index contributed by atoms with van der Waals surface area (Å²) in [7, 11) is 0. The Bertz CT molecular complexity index is 1070. The van der Waals surface area contributed by atoms with Crippen LogP contribution in [0.25, 0.3) is 10.9 Å². The third-order valence-corrected chi connectivity index (χ3v) is 5.78. The summed E-state index contributed by atoms with van der Waals surface area (Å²) in [5, 5.41) is 8.13. The Labute approximate surface area is 176 Å². The Morgan fingerprint density at radius 1 is 1.17 bits per heavy atom. The number of fused-ring (bicyclic) bond motifs is 1. The van der Waals surface area contributed by atoms with Gasteiger partial charge in [-0.05, 0) is 36.8 Å². The van der Waals surface area contributed by atoms with Crippen LogP contribution in [0.2, 0.25) is 0 Å². The molecule has 4 rings (SSSR count). The quantitative estimate of drug-likeness (QED) is 0.653. The molecule has 1 N–H and O–H groups in total. The average Bonchev–Trinajstić information content (AvgIpc) is 3.09. The number of para-hydroxylation sites is 1. The first kappa shape index (κ1) is 19.6. The van der Waals surface area contributed by atoms with Crippen LogP contribution in [-0.4, -0.2) is 52.8 Å². The van der Waals surface area contributed by atoms with Crippen molar-refractivity contribution in [3.8, 4) is 0 Å². The van der Waals surface area contributed by atoms with Crippen LogP contribution in [-0.2, 0) is 16.1 Å². The molecular formula is C21H21BrN4O3. The van der Waals surface area contributed by atoms with Gasteiger partial charge in [-0.25, -0.2) is 0 Å². The highest BCUT2D eigenvalue weighted by atomic mass is 79.9. The third-order valence-electron chi connectivity index (χ3n) is 4.89. The van der Waals surface area contributed by atoms with E-state index in [-0.39, 0.29) is 18.4 Å². The Morgan fingerprint density at radius 3 is 2.69 bits per heavy atom. The van der Waals surface area contributed by atoms with Crippen molar-refractivity contribution in [2.75, 3.05) is 31.6 Å². The lowest BCUT2D eigenvalue weighted by molar-refractivity contribution is -0.116. The number of carbonyl (C=O) groups is 2. The summed E-state index contributed by atoms with van der Waals surface area (Å²) < 4.78 is 7.90. The number of hydrogen-bond donors (Lipinski definition) is 1. The molecule has 2 heterocycles. The number of morpholine rings is 1. The number of amides is 2. The minimum Gasteiger partial charge on any atom is -0.378 e. The van der Waals surface area contributed by atoms with Crippen molar-refractivity contribution >= 4 is 44.3 Å². The molecule has 150 valence electrons. The van der Waals surface area contributed by atoms with Gasteiger partial charge in [0.1, 0.15) is 6.54 Å². The maximum absolute atomic E-state index is 13.0. The van der Waals surface area contributed by atoms with E-state index in [2.05, 4.69) is 26.3 Å². The molecule has 0 bridgehead atoms. The molecule has 2 aromatic carbocycles. The number of aryl methyl sites for hydroxylation is 1. The van der Waals surface area contributed by atoms with Crippen molar-refractivity contribution in [1.29, 1.82) is 0 Å². The number of nitrogens with one attached hydrogen (secondary N) is 1. The van der Waals surface area contributed by atoms with E-state index in [1.807, 2.05) is 49.4 Å². The predicted molar refractivity (Wildman–Crippen MR) is 114 cm³/mol. The molecule has 29 heavy (non-hydrogen) atoms. The Hall–Kier alpha value is -2.71. The van der Waals surface area contributed by atoms with Crippen LogP contribution in [0.4, 0.5) is 5.69 Å². The molecule has 0 atom stereocenters. The lowest BCUT2D eigenvalue weighted by Crippen LogP contribution is -2.41. The molecule has 0 unspecified atom stereocenters. The summed E-state index contributed by atoms with van der Waals surface area (Å²) in [5.74, 6) is -0.336. The number of rotatable bonds is 4. The Morgan fingerprint density at radius 2 is 1.93 bits per heavy atom. The van der Waals surface area contributed by atoms with Crippen molar-refractivity contribution in [3.63, 3.8) is 0 Å². The maximum Gasteiger partial charge on any atom is 0.275 e. The van der Waals surface area contributed by atoms with Crippen molar-refractivity contribution < 1.29 is 14.3 Å². The standard InChI is InChI=1S/C21H21BrN4O3/c1-14-12-15(6-7-17(14)22)23-19(27)13-26-18-5-3-2-4-16(18)20(24-26)21(28)25-8-10-29-11-9-25/h2-7,12H,8-11,13H2,1H3,(H,23,27). The van der Waals surface area contributed by atoms with Gasteiger partial charge in [-0.1, -0.05) is 34.1 Å². The first-order valence-corrected chi connectivity index (χ1v) is 10.2. The normalized spacial score (nSPS) is 14.2. The monoisotopic (exact) mass is 456 g/mol. The summed E-state index contributed by atoms with van der Waals surface area (Å²) in [6.45, 7) is 4.13. The zero-order valence-electron chi connectivity index (χ0n) is 16.0. The fourth-order valence-electron chi connectivity index (χ4n) is 3.38. The van der Waals surface area contributed by atoms with E-state index in [4.69, 9.17) is 4.74 Å². The van der Waals surface area contributed by atoms with Crippen LogP contribution in [0.15, 0.2) is 46.9 Å². The number of anilines is 1. The number of ether oxygens (including phenoxy) is 1. The zero-order chi connectivity index (χ0) is 20.4. The van der Waals surface area contributed by atoms with Gasteiger partial charge >= 0.3 is 0 Å². The van der Waals surface area contributed by atoms with Crippen LogP contribution in [0, 0.1) is 6.92 Å². The van der Waals surface area contributed by atoms with E-state index in [0.717, 1.165) is 26.6 Å². The highest BCUT2D eigenvalue weighted by molar-refractivity contribution is 9.10. The minimum absolute atomic E-state index is 0.0199. The molecule has 1 saturated heterocycles. The number of hydrogen-bond acceptors (Lipinski definition) is 4. The number of carbonyl (C=O) groups excluding carboxylic acids is 2. The first-order chi connectivity index (χ1) is 14.0. The van der Waals surface area contributed by atoms with E-state index in [0.29, 0.717) is 32.0 Å². The van der Waals surface area contributed by atoms with Crippen LogP contribution < -0.4 is 5.32 Å². The lowest BCUT2D eigenvalue weighted by Gasteiger charge is -2.26. The molecule has 1 fully saturated rings. The molecular weight excluding hydrogens is 436 g/mol. The summed E-state index contributed by atoms with van der Waals surface area (Å²) in [4.78, 5) is 27.3. The molecule has 1 aliphatic rings. The fourth-order valence-corrected chi connectivity index (χ4v) is 3.63. The lowest BCUT2D eigenvalue weighted by atomic mass is 10.2. The Kier molecular flexibility index (Phi) is 5.64. The number of aromatic nitrogens is 2. The highest BCUT2D eigenvalue weighted by Gasteiger charge is 2.24. The van der Waals surface area contributed by atoms with Gasteiger partial charge in [0.25, 0.3) is 5.91 Å². The Balaban J connectivity index is 1.58. The molecule has 2 amide bonds. The van der Waals surface area contributed by atoms with E-state index in [1.54, 1.807) is 9.58 Å². The van der Waals surface area contributed by atoms with Crippen molar-refractivity contribution in [3.05, 3.63) is 58.2 Å². The van der Waals surface area contributed by atoms with E-state index >= 15 is 0 Å². The molecule has 0 spiro atoms. The van der Waals surface area contributed by atoms with Gasteiger partial charge in [-0.2, -0.15) is 5.10 Å². The van der Waals surface area contributed by atoms with Gasteiger partial charge in [0, 0.05) is 28.6 Å². The third kappa shape index (κ3) is 4.18. The molecule has 1 aliphatic heterocycles. The fraction of sp³-hybridized carbons (Fsp3) is 0.286. The van der Waals surface area contributed by atoms with Gasteiger partial charge in [-0.3, -0.25) is 14.3 Å². The van der Waals surface area contributed by atoms with E-state index in [9.17, 15) is 9.59 Å². The number of nitrogens with zero attached hydrogens (tertiary/aromatic N) is 3. The van der Waals surface area contributed by atoms with Gasteiger partial charge in [-0.15, -0.1) is 0 Å². The zero-order valence-corrected chi connectivity index (χ0v) is 17.6. The molecule has 3 aromatic rings. The predicted octanol–water partition coefficient (Wildman–Crippen LogP) is 3.22. The second-order valence-electron chi connectivity index (χ2n) is 6.94. The van der Waals surface area contributed by atoms with Crippen LogP contribution in [0.5, 0.6) is 0 Å². The van der Waals surface area contributed by atoms with Crippen molar-refractivity contribution in [2.24, 2.45) is 0 Å². The smallest absolute Gasteiger partial charge is 0.275 e. The van der Waals surface area contributed by atoms with Crippen molar-refractivity contribution in [1.82, 2.24) is 14.7 Å². The first-order valence-electron chi connectivity index (χ1n) is 9.41. The summed E-state index contributed by atoms with van der Waals surface area (Å²) in [5.41, 5.74) is 2.88. The second kappa shape index (κ2) is 8.34. The SMILES string of the molecule is Cc1cc(NC(=O)Cn2nc(C(=O)N3CCOCC3)c3ccccc32)ccc1Br. The largest absolute Gasteiger partial charge is 0.378 e. The molecule has 0 radical (unpaired) electrons. The molecule has 1 aromatic heterocycles. The van der Waals surface area contributed by atoms with Gasteiger partial charge in [0.15, 0.2) is 5.69 Å². The minimum atomic E-state index is -0.203. The average molecular weight is 457 g/mol. The number of benzene rings is 2. The topological polar surface area (TPSA) is 76.5 Å². The molecule has 7 nitrogen and oxygen atoms in total. The summed E-state index contributed by atoms with van der Waals surface area (Å²) in [6.07, 6.45) is 0.